The van der Waals surface area contributed by atoms with Crippen LogP contribution in [0.4, 0.5) is 4.39 Å². The van der Waals surface area contributed by atoms with Crippen LogP contribution in [0.15, 0.2) is 29.7 Å². The van der Waals surface area contributed by atoms with E-state index in [0.29, 0.717) is 5.69 Å². The first-order chi connectivity index (χ1) is 7.22. The summed E-state index contributed by atoms with van der Waals surface area (Å²) in [6, 6.07) is 2.90. The quantitative estimate of drug-likeness (QED) is 0.331. The number of rotatable bonds is 2. The van der Waals surface area contributed by atoms with E-state index in [0.717, 1.165) is 0 Å². The number of aromatic nitrogens is 2. The number of imidazole rings is 1. The van der Waals surface area contributed by atoms with Crippen LogP contribution in [-0.2, 0) is 6.42 Å². The van der Waals surface area contributed by atoms with Gasteiger partial charge in [0.2, 0.25) is 0 Å². The van der Waals surface area contributed by atoms with Crippen LogP contribution in [0.25, 0.3) is 5.65 Å². The van der Waals surface area contributed by atoms with Gasteiger partial charge in [0.15, 0.2) is 11.5 Å². The molecule has 2 heterocycles. The Kier molecular flexibility index (Phi) is 2.24. The van der Waals surface area contributed by atoms with Gasteiger partial charge in [-0.25, -0.2) is 9.37 Å². The predicted octanol–water partition coefficient (Wildman–Crippen LogP) is 0.762. The normalized spacial score (nSPS) is 12.2. The molecule has 0 saturated carbocycles. The van der Waals surface area contributed by atoms with Crippen LogP contribution < -0.4 is 5.73 Å². The molecule has 2 aromatic rings. The second kappa shape index (κ2) is 3.56. The minimum Gasteiger partial charge on any atom is -0.409 e. The second-order valence-electron chi connectivity index (χ2n) is 3.07. The molecule has 0 radical (unpaired) electrons. The fraction of sp³-hybridized carbons (Fsp3) is 0.111. The van der Waals surface area contributed by atoms with Crippen molar-refractivity contribution in [1.82, 2.24) is 9.38 Å². The molecular weight excluding hydrogens is 199 g/mol. The van der Waals surface area contributed by atoms with Gasteiger partial charge in [-0.05, 0) is 12.1 Å². The number of amidine groups is 1. The lowest BCUT2D eigenvalue weighted by Gasteiger charge is -2.00. The number of pyridine rings is 1. The Bertz CT molecular complexity index is 520. The van der Waals surface area contributed by atoms with E-state index in [9.17, 15) is 4.39 Å². The van der Waals surface area contributed by atoms with Gasteiger partial charge in [-0.15, -0.1) is 0 Å². The van der Waals surface area contributed by atoms with E-state index in [1.165, 1.54) is 12.3 Å². The fourth-order valence-corrected chi connectivity index (χ4v) is 1.38. The van der Waals surface area contributed by atoms with Crippen molar-refractivity contribution in [1.29, 1.82) is 0 Å². The molecule has 0 saturated heterocycles. The van der Waals surface area contributed by atoms with Crippen molar-refractivity contribution >= 4 is 11.5 Å². The maximum Gasteiger partial charge on any atom is 0.173 e. The largest absolute Gasteiger partial charge is 0.409 e. The van der Waals surface area contributed by atoms with Crippen molar-refractivity contribution in [3.8, 4) is 0 Å². The third-order valence-electron chi connectivity index (χ3n) is 2.06. The van der Waals surface area contributed by atoms with Crippen LogP contribution >= 0.6 is 0 Å². The molecule has 0 bridgehead atoms. The van der Waals surface area contributed by atoms with Gasteiger partial charge in [0.25, 0.3) is 0 Å². The Balaban J connectivity index is 2.50. The summed E-state index contributed by atoms with van der Waals surface area (Å²) in [4.78, 5) is 3.90. The molecule has 0 aliphatic rings. The Morgan fingerprint density at radius 1 is 1.67 bits per heavy atom. The number of hydrogen-bond acceptors (Lipinski definition) is 3. The number of halogens is 1. The van der Waals surface area contributed by atoms with E-state index in [1.807, 2.05) is 0 Å². The van der Waals surface area contributed by atoms with Gasteiger partial charge in [-0.2, -0.15) is 0 Å². The fourth-order valence-electron chi connectivity index (χ4n) is 1.38. The molecule has 0 spiro atoms. The molecule has 0 fully saturated rings. The van der Waals surface area contributed by atoms with Crippen molar-refractivity contribution in [3.63, 3.8) is 0 Å². The summed E-state index contributed by atoms with van der Waals surface area (Å²) in [5.41, 5.74) is 6.26. The standard InChI is InChI=1S/C9H9FN4O/c10-7-2-1-3-14-6(4-8(11)13-15)5-12-9(7)14/h1-3,5,15H,4H2,(H2,11,13). The molecule has 15 heavy (non-hydrogen) atoms. The first kappa shape index (κ1) is 9.45. The molecule has 0 aliphatic carbocycles. The van der Waals surface area contributed by atoms with Crippen molar-refractivity contribution in [2.45, 2.75) is 6.42 Å². The van der Waals surface area contributed by atoms with Gasteiger partial charge in [0.1, 0.15) is 5.84 Å². The minimum atomic E-state index is -0.400. The van der Waals surface area contributed by atoms with Crippen molar-refractivity contribution in [2.24, 2.45) is 10.9 Å². The zero-order valence-corrected chi connectivity index (χ0v) is 7.76. The lowest BCUT2D eigenvalue weighted by molar-refractivity contribution is 0.317. The molecule has 78 valence electrons. The molecule has 6 heteroatoms. The van der Waals surface area contributed by atoms with Gasteiger partial charge in [0.05, 0.1) is 12.1 Å². The molecule has 0 atom stereocenters. The highest BCUT2D eigenvalue weighted by molar-refractivity contribution is 5.81. The number of oxime groups is 1. The lowest BCUT2D eigenvalue weighted by Crippen LogP contribution is -2.15. The van der Waals surface area contributed by atoms with Gasteiger partial charge < -0.3 is 15.3 Å². The molecule has 0 unspecified atom stereocenters. The molecular formula is C9H9FN4O. The number of nitrogens with two attached hydrogens (primary N) is 1. The van der Waals surface area contributed by atoms with Crippen LogP contribution in [0.2, 0.25) is 0 Å². The van der Waals surface area contributed by atoms with E-state index in [1.54, 1.807) is 16.7 Å². The number of fused-ring (bicyclic) bond motifs is 1. The summed E-state index contributed by atoms with van der Waals surface area (Å²) in [5, 5.41) is 11.3. The van der Waals surface area contributed by atoms with Gasteiger partial charge in [-0.3, -0.25) is 0 Å². The van der Waals surface area contributed by atoms with Crippen LogP contribution in [0.1, 0.15) is 5.69 Å². The van der Waals surface area contributed by atoms with Crippen molar-refractivity contribution < 1.29 is 9.60 Å². The Morgan fingerprint density at radius 3 is 3.20 bits per heavy atom. The average molecular weight is 208 g/mol. The smallest absolute Gasteiger partial charge is 0.173 e. The Morgan fingerprint density at radius 2 is 2.47 bits per heavy atom. The SMILES string of the molecule is N/C(Cc1cnc2c(F)cccn12)=N\O. The second-order valence-corrected chi connectivity index (χ2v) is 3.07. The summed E-state index contributed by atoms with van der Waals surface area (Å²) in [5.74, 6) is -0.343. The molecule has 0 amide bonds. The minimum absolute atomic E-state index is 0.0565. The van der Waals surface area contributed by atoms with Crippen molar-refractivity contribution in [3.05, 3.63) is 36.0 Å². The molecule has 2 aromatic heterocycles. The van der Waals surface area contributed by atoms with E-state index in [-0.39, 0.29) is 17.9 Å². The predicted molar refractivity (Wildman–Crippen MR) is 52.3 cm³/mol. The summed E-state index contributed by atoms with van der Waals surface area (Å²) < 4.78 is 14.8. The highest BCUT2D eigenvalue weighted by atomic mass is 19.1. The van der Waals surface area contributed by atoms with E-state index < -0.39 is 5.82 Å². The molecule has 0 aromatic carbocycles. The van der Waals surface area contributed by atoms with Gasteiger partial charge in [0, 0.05) is 12.4 Å². The van der Waals surface area contributed by atoms with Crippen LogP contribution in [0.3, 0.4) is 0 Å². The maximum atomic E-state index is 13.2. The molecule has 2 rings (SSSR count). The third kappa shape index (κ3) is 1.61. The number of nitrogens with zero attached hydrogens (tertiary/aromatic N) is 3. The van der Waals surface area contributed by atoms with Crippen LogP contribution in [-0.4, -0.2) is 20.4 Å². The van der Waals surface area contributed by atoms with Gasteiger partial charge in [-0.1, -0.05) is 5.16 Å². The molecule has 0 aliphatic heterocycles. The average Bonchev–Trinajstić information content (AvgIpc) is 2.63. The van der Waals surface area contributed by atoms with E-state index >= 15 is 0 Å². The topological polar surface area (TPSA) is 75.9 Å². The molecule has 3 N–H and O–H groups in total. The Hall–Kier alpha value is -2.11. The third-order valence-corrected chi connectivity index (χ3v) is 2.06. The van der Waals surface area contributed by atoms with Crippen molar-refractivity contribution in [2.75, 3.05) is 0 Å². The van der Waals surface area contributed by atoms with Crippen LogP contribution in [0.5, 0.6) is 0 Å². The highest BCUT2D eigenvalue weighted by Crippen LogP contribution is 2.10. The first-order valence-corrected chi connectivity index (χ1v) is 4.29. The monoisotopic (exact) mass is 208 g/mol. The Labute approximate surface area is 84.6 Å². The lowest BCUT2D eigenvalue weighted by atomic mass is 10.3. The summed E-state index contributed by atoms with van der Waals surface area (Å²) >= 11 is 0. The van der Waals surface area contributed by atoms with E-state index in [2.05, 4.69) is 10.1 Å². The zero-order valence-electron chi connectivity index (χ0n) is 7.76. The molecule has 5 nitrogen and oxygen atoms in total. The van der Waals surface area contributed by atoms with E-state index in [4.69, 9.17) is 10.9 Å². The first-order valence-electron chi connectivity index (χ1n) is 4.29. The summed E-state index contributed by atoms with van der Waals surface area (Å²) in [7, 11) is 0. The van der Waals surface area contributed by atoms with Gasteiger partial charge >= 0.3 is 0 Å². The zero-order chi connectivity index (χ0) is 10.8. The highest BCUT2D eigenvalue weighted by Gasteiger charge is 2.07. The maximum absolute atomic E-state index is 13.2. The number of hydrogen-bond donors (Lipinski definition) is 2. The van der Waals surface area contributed by atoms with Crippen LogP contribution in [0, 0.1) is 5.82 Å². The summed E-state index contributed by atoms with van der Waals surface area (Å²) in [6.45, 7) is 0. The summed E-state index contributed by atoms with van der Waals surface area (Å²) in [6.07, 6.45) is 3.39.